The van der Waals surface area contributed by atoms with Gasteiger partial charge < -0.3 is 0 Å². The molecule has 0 aromatic heterocycles. The maximum Gasteiger partial charge on any atom is 0.127 e. The molecule has 1 aromatic carbocycles. The molecule has 0 heterocycles. The van der Waals surface area contributed by atoms with Crippen molar-refractivity contribution in [3.05, 3.63) is 29.6 Å². The number of hydrogen-bond donors (Lipinski definition) is 0. The van der Waals surface area contributed by atoms with Crippen LogP contribution in [-0.2, 0) is 0 Å². The van der Waals surface area contributed by atoms with E-state index in [1.165, 1.54) is 0 Å². The normalized spacial score (nSPS) is 11.4. The standard InChI is InChI=1S/C12H17FS/c1-8(2)12-10(13)6-5-7-11(12)14-9(3)4/h5-9H,1-4H3. The average Bonchev–Trinajstić information content (AvgIpc) is 2.01. The highest BCUT2D eigenvalue weighted by Crippen LogP contribution is 2.32. The Kier molecular flexibility index (Phi) is 3.99. The predicted molar refractivity (Wildman–Crippen MR) is 61.5 cm³/mol. The van der Waals surface area contributed by atoms with Gasteiger partial charge in [-0.15, -0.1) is 11.8 Å². The van der Waals surface area contributed by atoms with E-state index >= 15 is 0 Å². The van der Waals surface area contributed by atoms with Crippen LogP contribution >= 0.6 is 11.8 Å². The lowest BCUT2D eigenvalue weighted by Crippen LogP contribution is -1.98. The van der Waals surface area contributed by atoms with E-state index in [1.54, 1.807) is 23.9 Å². The lowest BCUT2D eigenvalue weighted by molar-refractivity contribution is 0.590. The van der Waals surface area contributed by atoms with E-state index < -0.39 is 0 Å². The van der Waals surface area contributed by atoms with Gasteiger partial charge in [-0.25, -0.2) is 4.39 Å². The minimum atomic E-state index is -0.0781. The maximum atomic E-state index is 13.5. The maximum absolute atomic E-state index is 13.5. The highest BCUT2D eigenvalue weighted by molar-refractivity contribution is 8.00. The molecular weight excluding hydrogens is 195 g/mol. The van der Waals surface area contributed by atoms with Gasteiger partial charge in [-0.2, -0.15) is 0 Å². The fourth-order valence-corrected chi connectivity index (χ4v) is 2.56. The third kappa shape index (κ3) is 2.74. The SMILES string of the molecule is CC(C)Sc1cccc(F)c1C(C)C. The van der Waals surface area contributed by atoms with Crippen molar-refractivity contribution in [2.45, 2.75) is 43.8 Å². The van der Waals surface area contributed by atoms with Gasteiger partial charge in [-0.05, 0) is 18.1 Å². The molecule has 78 valence electrons. The first-order valence-corrected chi connectivity index (χ1v) is 5.85. The fraction of sp³-hybridized carbons (Fsp3) is 0.500. The fourth-order valence-electron chi connectivity index (χ4n) is 1.43. The van der Waals surface area contributed by atoms with E-state index in [1.807, 2.05) is 19.9 Å². The summed E-state index contributed by atoms with van der Waals surface area (Å²) < 4.78 is 13.5. The van der Waals surface area contributed by atoms with Gasteiger partial charge >= 0.3 is 0 Å². The molecule has 0 bridgehead atoms. The smallest absolute Gasteiger partial charge is 0.127 e. The van der Waals surface area contributed by atoms with E-state index in [9.17, 15) is 4.39 Å². The van der Waals surface area contributed by atoms with E-state index in [4.69, 9.17) is 0 Å². The summed E-state index contributed by atoms with van der Waals surface area (Å²) >= 11 is 1.73. The molecule has 0 amide bonds. The number of halogens is 1. The van der Waals surface area contributed by atoms with Gasteiger partial charge in [-0.1, -0.05) is 33.8 Å². The van der Waals surface area contributed by atoms with Gasteiger partial charge in [-0.3, -0.25) is 0 Å². The predicted octanol–water partition coefficient (Wildman–Crippen LogP) is 4.45. The minimum Gasteiger partial charge on any atom is -0.207 e. The molecule has 0 nitrogen and oxygen atoms in total. The van der Waals surface area contributed by atoms with Crippen LogP contribution in [0.2, 0.25) is 0 Å². The van der Waals surface area contributed by atoms with Crippen molar-refractivity contribution in [3.8, 4) is 0 Å². The Morgan fingerprint density at radius 3 is 2.29 bits per heavy atom. The topological polar surface area (TPSA) is 0 Å². The van der Waals surface area contributed by atoms with E-state index in [0.29, 0.717) is 5.25 Å². The number of benzene rings is 1. The van der Waals surface area contributed by atoms with Gasteiger partial charge in [0.2, 0.25) is 0 Å². The van der Waals surface area contributed by atoms with E-state index in [2.05, 4.69) is 13.8 Å². The molecule has 0 saturated heterocycles. The van der Waals surface area contributed by atoms with Gasteiger partial charge in [0, 0.05) is 15.7 Å². The van der Waals surface area contributed by atoms with Gasteiger partial charge in [0.05, 0.1) is 0 Å². The molecular formula is C12H17FS. The van der Waals surface area contributed by atoms with Gasteiger partial charge in [0.15, 0.2) is 0 Å². The van der Waals surface area contributed by atoms with E-state index in [-0.39, 0.29) is 11.7 Å². The summed E-state index contributed by atoms with van der Waals surface area (Å²) in [7, 11) is 0. The zero-order chi connectivity index (χ0) is 10.7. The summed E-state index contributed by atoms with van der Waals surface area (Å²) in [5.41, 5.74) is 0.853. The van der Waals surface area contributed by atoms with Crippen molar-refractivity contribution >= 4 is 11.8 Å². The molecule has 0 unspecified atom stereocenters. The van der Waals surface area contributed by atoms with Crippen LogP contribution in [-0.4, -0.2) is 5.25 Å². The zero-order valence-corrected chi connectivity index (χ0v) is 9.99. The van der Waals surface area contributed by atoms with Crippen molar-refractivity contribution in [2.24, 2.45) is 0 Å². The molecule has 2 heteroatoms. The number of rotatable bonds is 3. The van der Waals surface area contributed by atoms with Crippen LogP contribution in [0.5, 0.6) is 0 Å². The van der Waals surface area contributed by atoms with Crippen molar-refractivity contribution in [3.63, 3.8) is 0 Å². The zero-order valence-electron chi connectivity index (χ0n) is 9.17. The van der Waals surface area contributed by atoms with Crippen LogP contribution in [0.15, 0.2) is 23.1 Å². The summed E-state index contributed by atoms with van der Waals surface area (Å²) in [4.78, 5) is 1.08. The molecule has 14 heavy (non-hydrogen) atoms. The molecule has 0 atom stereocenters. The van der Waals surface area contributed by atoms with Gasteiger partial charge in [0.25, 0.3) is 0 Å². The molecule has 0 radical (unpaired) electrons. The van der Waals surface area contributed by atoms with Crippen molar-refractivity contribution < 1.29 is 4.39 Å². The first kappa shape index (κ1) is 11.6. The van der Waals surface area contributed by atoms with Gasteiger partial charge in [0.1, 0.15) is 5.82 Å². The second-order valence-electron chi connectivity index (χ2n) is 3.97. The highest BCUT2D eigenvalue weighted by atomic mass is 32.2. The Labute approximate surface area is 89.9 Å². The molecule has 0 fully saturated rings. The molecule has 1 aromatic rings. The molecule has 0 aliphatic rings. The second kappa shape index (κ2) is 4.83. The summed E-state index contributed by atoms with van der Waals surface area (Å²) in [6.07, 6.45) is 0. The average molecular weight is 212 g/mol. The largest absolute Gasteiger partial charge is 0.207 e. The lowest BCUT2D eigenvalue weighted by Gasteiger charge is -2.14. The first-order valence-electron chi connectivity index (χ1n) is 4.97. The monoisotopic (exact) mass is 212 g/mol. The molecule has 0 aliphatic carbocycles. The summed E-state index contributed by atoms with van der Waals surface area (Å²) in [5.74, 6) is 0.170. The van der Waals surface area contributed by atoms with Crippen LogP contribution in [0.4, 0.5) is 4.39 Å². The van der Waals surface area contributed by atoms with Crippen LogP contribution < -0.4 is 0 Å². The summed E-state index contributed by atoms with van der Waals surface area (Å²) in [5, 5.41) is 0.495. The van der Waals surface area contributed by atoms with Crippen molar-refractivity contribution in [2.75, 3.05) is 0 Å². The highest BCUT2D eigenvalue weighted by Gasteiger charge is 2.12. The number of hydrogen-bond acceptors (Lipinski definition) is 1. The summed E-state index contributed by atoms with van der Waals surface area (Å²) in [6, 6.07) is 5.33. The molecule has 0 N–H and O–H groups in total. The molecule has 0 spiro atoms. The van der Waals surface area contributed by atoms with Crippen LogP contribution in [0.1, 0.15) is 39.2 Å². The van der Waals surface area contributed by atoms with E-state index in [0.717, 1.165) is 10.5 Å². The quantitative estimate of drug-likeness (QED) is 0.667. The Morgan fingerprint density at radius 2 is 1.79 bits per heavy atom. The Hall–Kier alpha value is -0.500. The third-order valence-electron chi connectivity index (χ3n) is 1.95. The van der Waals surface area contributed by atoms with Crippen LogP contribution in [0.25, 0.3) is 0 Å². The lowest BCUT2D eigenvalue weighted by atomic mass is 10.0. The minimum absolute atomic E-state index is 0.0781. The van der Waals surface area contributed by atoms with Crippen molar-refractivity contribution in [1.82, 2.24) is 0 Å². The first-order chi connectivity index (χ1) is 6.52. The Morgan fingerprint density at radius 1 is 1.14 bits per heavy atom. The Bertz CT molecular complexity index is 305. The molecule has 1 rings (SSSR count). The number of thioether (sulfide) groups is 1. The molecule has 0 aliphatic heterocycles. The van der Waals surface area contributed by atoms with Crippen molar-refractivity contribution in [1.29, 1.82) is 0 Å². The summed E-state index contributed by atoms with van der Waals surface area (Å²) in [6.45, 7) is 8.31. The Balaban J connectivity index is 3.08. The van der Waals surface area contributed by atoms with Crippen LogP contribution in [0.3, 0.4) is 0 Å². The van der Waals surface area contributed by atoms with Crippen LogP contribution in [0, 0.1) is 5.82 Å². The molecule has 0 saturated carbocycles. The second-order valence-corrected chi connectivity index (χ2v) is 5.59. The third-order valence-corrected chi connectivity index (χ3v) is 3.03.